The van der Waals surface area contributed by atoms with Gasteiger partial charge in [0.2, 0.25) is 0 Å². The minimum absolute atomic E-state index is 0.389. The molecule has 20 heavy (non-hydrogen) atoms. The van der Waals surface area contributed by atoms with Crippen LogP contribution in [0.25, 0.3) is 0 Å². The zero-order valence-electron chi connectivity index (χ0n) is 12.8. The van der Waals surface area contributed by atoms with Crippen LogP contribution < -0.4 is 5.32 Å². The summed E-state index contributed by atoms with van der Waals surface area (Å²) in [6.45, 7) is 6.00. The second-order valence-corrected chi connectivity index (χ2v) is 8.59. The molecule has 1 aromatic rings. The van der Waals surface area contributed by atoms with E-state index in [0.717, 1.165) is 12.5 Å². The van der Waals surface area contributed by atoms with Crippen molar-refractivity contribution in [3.8, 4) is 0 Å². The van der Waals surface area contributed by atoms with Gasteiger partial charge in [0.1, 0.15) is 0 Å². The van der Waals surface area contributed by atoms with Crippen molar-refractivity contribution in [1.29, 1.82) is 0 Å². The quantitative estimate of drug-likeness (QED) is 0.900. The van der Waals surface area contributed by atoms with Crippen LogP contribution in [0, 0.1) is 16.7 Å². The minimum atomic E-state index is 0.389. The van der Waals surface area contributed by atoms with Crippen molar-refractivity contribution in [3.05, 3.63) is 30.1 Å². The van der Waals surface area contributed by atoms with Gasteiger partial charge in [-0.1, -0.05) is 19.9 Å². The molecule has 4 aliphatic carbocycles. The van der Waals surface area contributed by atoms with E-state index in [2.05, 4.69) is 36.3 Å². The van der Waals surface area contributed by atoms with Crippen LogP contribution in [0.3, 0.4) is 0 Å². The van der Waals surface area contributed by atoms with Gasteiger partial charge in [-0.05, 0) is 67.4 Å². The molecular weight excluding hydrogens is 244 g/mol. The summed E-state index contributed by atoms with van der Waals surface area (Å²) in [5.41, 5.74) is 2.75. The molecule has 0 amide bonds. The van der Waals surface area contributed by atoms with Crippen molar-refractivity contribution < 1.29 is 0 Å². The Balaban J connectivity index is 1.55. The summed E-state index contributed by atoms with van der Waals surface area (Å²) in [5, 5.41) is 3.93. The highest BCUT2D eigenvalue weighted by Crippen LogP contribution is 2.66. The summed E-state index contributed by atoms with van der Waals surface area (Å²) in [6, 6.07) is 6.22. The fourth-order valence-corrected chi connectivity index (χ4v) is 6.43. The number of aromatic nitrogens is 1. The van der Waals surface area contributed by atoms with Crippen LogP contribution in [-0.2, 0) is 6.54 Å². The molecular formula is C18H26N2. The summed E-state index contributed by atoms with van der Waals surface area (Å²) in [4.78, 5) is 4.47. The van der Waals surface area contributed by atoms with Gasteiger partial charge in [-0.15, -0.1) is 0 Å². The highest BCUT2D eigenvalue weighted by atomic mass is 15.0. The van der Waals surface area contributed by atoms with Gasteiger partial charge in [-0.2, -0.15) is 0 Å². The third-order valence-corrected chi connectivity index (χ3v) is 6.00. The first-order chi connectivity index (χ1) is 9.49. The van der Waals surface area contributed by atoms with Crippen molar-refractivity contribution in [2.45, 2.75) is 64.5 Å². The maximum atomic E-state index is 4.47. The smallest absolute Gasteiger partial charge is 0.0541 e. The molecule has 0 aliphatic heterocycles. The van der Waals surface area contributed by atoms with Crippen molar-refractivity contribution in [3.63, 3.8) is 0 Å². The molecule has 4 aliphatic rings. The highest BCUT2D eigenvalue weighted by molar-refractivity contribution is 5.15. The fourth-order valence-electron chi connectivity index (χ4n) is 6.43. The molecule has 0 aromatic carbocycles. The average molecular weight is 270 g/mol. The van der Waals surface area contributed by atoms with E-state index in [1.807, 2.05) is 12.3 Å². The van der Waals surface area contributed by atoms with Gasteiger partial charge in [0, 0.05) is 18.3 Å². The standard InChI is InChI=1S/C18H26N2/c1-16-7-14-8-17(2,11-16)13-18(9-14,12-16)20-10-15-5-3-4-6-19-15/h3-6,14,20H,7-13H2,1-2H3/t14?,16-,17+,18?. The maximum absolute atomic E-state index is 4.47. The minimum Gasteiger partial charge on any atom is -0.306 e. The molecule has 4 saturated carbocycles. The van der Waals surface area contributed by atoms with E-state index in [0.29, 0.717) is 16.4 Å². The van der Waals surface area contributed by atoms with Crippen LogP contribution >= 0.6 is 0 Å². The molecule has 2 nitrogen and oxygen atoms in total. The van der Waals surface area contributed by atoms with E-state index in [1.165, 1.54) is 44.2 Å². The first kappa shape index (κ1) is 12.8. The highest BCUT2D eigenvalue weighted by Gasteiger charge is 2.59. The number of nitrogens with zero attached hydrogens (tertiary/aromatic N) is 1. The third kappa shape index (κ3) is 2.09. The molecule has 4 atom stereocenters. The number of hydrogen-bond donors (Lipinski definition) is 1. The Morgan fingerprint density at radius 1 is 1.10 bits per heavy atom. The first-order valence-corrected chi connectivity index (χ1v) is 8.13. The van der Waals surface area contributed by atoms with Crippen molar-refractivity contribution >= 4 is 0 Å². The molecule has 108 valence electrons. The number of nitrogens with one attached hydrogen (secondary N) is 1. The van der Waals surface area contributed by atoms with Crippen LogP contribution in [0.5, 0.6) is 0 Å². The Bertz CT molecular complexity index is 491. The van der Waals surface area contributed by atoms with Gasteiger partial charge < -0.3 is 5.32 Å². The number of hydrogen-bond acceptors (Lipinski definition) is 2. The molecule has 1 N–H and O–H groups in total. The van der Waals surface area contributed by atoms with E-state index in [-0.39, 0.29) is 0 Å². The summed E-state index contributed by atoms with van der Waals surface area (Å²) in [5.74, 6) is 0.956. The topological polar surface area (TPSA) is 24.9 Å². The largest absolute Gasteiger partial charge is 0.306 e. The molecule has 1 aromatic heterocycles. The summed E-state index contributed by atoms with van der Waals surface area (Å²) >= 11 is 0. The monoisotopic (exact) mass is 270 g/mol. The Morgan fingerprint density at radius 3 is 2.45 bits per heavy atom. The van der Waals surface area contributed by atoms with Crippen molar-refractivity contribution in [1.82, 2.24) is 10.3 Å². The molecule has 4 fully saturated rings. The number of rotatable bonds is 3. The van der Waals surface area contributed by atoms with Crippen molar-refractivity contribution in [2.75, 3.05) is 0 Å². The fraction of sp³-hybridized carbons (Fsp3) is 0.722. The predicted octanol–water partition coefficient (Wildman–Crippen LogP) is 3.92. The second-order valence-electron chi connectivity index (χ2n) is 8.59. The lowest BCUT2D eigenvalue weighted by Crippen LogP contribution is -2.63. The van der Waals surface area contributed by atoms with Crippen LogP contribution in [0.1, 0.15) is 58.1 Å². The van der Waals surface area contributed by atoms with Crippen LogP contribution in [0.4, 0.5) is 0 Å². The summed E-state index contributed by atoms with van der Waals surface area (Å²) in [7, 11) is 0. The van der Waals surface area contributed by atoms with Crippen LogP contribution in [-0.4, -0.2) is 10.5 Å². The molecule has 0 saturated heterocycles. The lowest BCUT2D eigenvalue weighted by Gasteiger charge is -2.65. The average Bonchev–Trinajstić information content (AvgIpc) is 2.33. The Labute approximate surface area is 122 Å². The normalized spacial score (nSPS) is 45.8. The van der Waals surface area contributed by atoms with Gasteiger partial charge in [-0.3, -0.25) is 4.98 Å². The zero-order valence-corrected chi connectivity index (χ0v) is 12.8. The van der Waals surface area contributed by atoms with Crippen LogP contribution in [0.2, 0.25) is 0 Å². The predicted molar refractivity (Wildman–Crippen MR) is 81.2 cm³/mol. The lowest BCUT2D eigenvalue weighted by atomic mass is 9.43. The van der Waals surface area contributed by atoms with E-state index in [9.17, 15) is 0 Å². The molecule has 5 rings (SSSR count). The second kappa shape index (κ2) is 4.07. The van der Waals surface area contributed by atoms with E-state index in [1.54, 1.807) is 0 Å². The summed E-state index contributed by atoms with van der Waals surface area (Å²) < 4.78 is 0. The molecule has 2 unspecified atom stereocenters. The van der Waals surface area contributed by atoms with Gasteiger partial charge in [0.05, 0.1) is 5.69 Å². The molecule has 0 radical (unpaired) electrons. The van der Waals surface area contributed by atoms with Crippen LogP contribution in [0.15, 0.2) is 24.4 Å². The Hall–Kier alpha value is -0.890. The molecule has 2 heteroatoms. The lowest BCUT2D eigenvalue weighted by molar-refractivity contribution is -0.118. The van der Waals surface area contributed by atoms with E-state index < -0.39 is 0 Å². The van der Waals surface area contributed by atoms with Gasteiger partial charge in [0.15, 0.2) is 0 Å². The van der Waals surface area contributed by atoms with E-state index >= 15 is 0 Å². The molecule has 1 heterocycles. The Morgan fingerprint density at radius 2 is 1.85 bits per heavy atom. The van der Waals surface area contributed by atoms with E-state index in [4.69, 9.17) is 0 Å². The number of pyridine rings is 1. The first-order valence-electron chi connectivity index (χ1n) is 8.13. The third-order valence-electron chi connectivity index (χ3n) is 6.00. The molecule has 0 spiro atoms. The summed E-state index contributed by atoms with van der Waals surface area (Å²) in [6.07, 6.45) is 10.4. The molecule has 4 bridgehead atoms. The van der Waals surface area contributed by atoms with Crippen molar-refractivity contribution in [2.24, 2.45) is 16.7 Å². The SMILES string of the molecule is C[C@]12CC3CC(NCc4ccccn4)(C1)C[C@@](C)(C3)C2. The van der Waals surface area contributed by atoms with Gasteiger partial charge in [0.25, 0.3) is 0 Å². The van der Waals surface area contributed by atoms with Gasteiger partial charge in [-0.25, -0.2) is 0 Å². The maximum Gasteiger partial charge on any atom is 0.0541 e. The zero-order chi connectivity index (χ0) is 13.8. The van der Waals surface area contributed by atoms with Gasteiger partial charge >= 0.3 is 0 Å². The Kier molecular flexibility index (Phi) is 2.61.